The quantitative estimate of drug-likeness (QED) is 0.734. The van der Waals surface area contributed by atoms with Gasteiger partial charge in [-0.15, -0.1) is 0 Å². The van der Waals surface area contributed by atoms with Gasteiger partial charge < -0.3 is 4.57 Å². The van der Waals surface area contributed by atoms with Crippen LogP contribution < -0.4 is 0 Å². The SMILES string of the molecule is CCc1nccn1Cc1ccncc1. The molecule has 0 aliphatic heterocycles. The summed E-state index contributed by atoms with van der Waals surface area (Å²) in [5.41, 5.74) is 1.26. The first-order valence-electron chi connectivity index (χ1n) is 4.79. The van der Waals surface area contributed by atoms with E-state index in [2.05, 4.69) is 21.5 Å². The molecule has 0 saturated carbocycles. The molecule has 0 spiro atoms. The lowest BCUT2D eigenvalue weighted by Gasteiger charge is -2.05. The Labute approximate surface area is 83.4 Å². The molecule has 2 heterocycles. The first-order chi connectivity index (χ1) is 6.90. The normalized spacial score (nSPS) is 10.4. The molecule has 3 heteroatoms. The van der Waals surface area contributed by atoms with Gasteiger partial charge in [0.1, 0.15) is 5.82 Å². The van der Waals surface area contributed by atoms with Crippen LogP contribution in [-0.2, 0) is 13.0 Å². The average Bonchev–Trinajstić information content (AvgIpc) is 2.67. The van der Waals surface area contributed by atoms with Gasteiger partial charge in [0.05, 0.1) is 0 Å². The van der Waals surface area contributed by atoms with Crippen LogP contribution in [0.2, 0.25) is 0 Å². The van der Waals surface area contributed by atoms with Crippen LogP contribution in [0.4, 0.5) is 0 Å². The van der Waals surface area contributed by atoms with Gasteiger partial charge in [-0.05, 0) is 17.7 Å². The third kappa shape index (κ3) is 1.82. The van der Waals surface area contributed by atoms with Crippen LogP contribution >= 0.6 is 0 Å². The molecule has 0 saturated heterocycles. The minimum Gasteiger partial charge on any atom is -0.331 e. The summed E-state index contributed by atoms with van der Waals surface area (Å²) < 4.78 is 2.16. The van der Waals surface area contributed by atoms with E-state index in [0.717, 1.165) is 18.8 Å². The summed E-state index contributed by atoms with van der Waals surface area (Å²) in [4.78, 5) is 8.27. The molecule has 2 rings (SSSR count). The summed E-state index contributed by atoms with van der Waals surface area (Å²) in [5.74, 6) is 1.13. The predicted octanol–water partition coefficient (Wildman–Crippen LogP) is 1.89. The maximum Gasteiger partial charge on any atom is 0.108 e. The van der Waals surface area contributed by atoms with Gasteiger partial charge in [-0.3, -0.25) is 4.98 Å². The Hall–Kier alpha value is -1.64. The van der Waals surface area contributed by atoms with E-state index in [1.165, 1.54) is 5.56 Å². The van der Waals surface area contributed by atoms with E-state index in [-0.39, 0.29) is 0 Å². The summed E-state index contributed by atoms with van der Waals surface area (Å²) in [7, 11) is 0. The van der Waals surface area contributed by atoms with Crippen molar-refractivity contribution < 1.29 is 0 Å². The molecule has 0 bridgehead atoms. The maximum absolute atomic E-state index is 4.28. The largest absolute Gasteiger partial charge is 0.331 e. The van der Waals surface area contributed by atoms with Gasteiger partial charge in [-0.1, -0.05) is 6.92 Å². The standard InChI is InChI=1S/C11H13N3/c1-2-11-13-7-8-14(11)9-10-3-5-12-6-4-10/h3-8H,2,9H2,1H3. The van der Waals surface area contributed by atoms with Crippen LogP contribution in [0.15, 0.2) is 36.9 Å². The van der Waals surface area contributed by atoms with Crippen molar-refractivity contribution in [2.75, 3.05) is 0 Å². The second-order valence-corrected chi connectivity index (χ2v) is 3.18. The summed E-state index contributed by atoms with van der Waals surface area (Å²) in [6, 6.07) is 4.05. The first kappa shape index (κ1) is 8.94. The molecule has 14 heavy (non-hydrogen) atoms. The molecule has 2 aromatic heterocycles. The van der Waals surface area contributed by atoms with Crippen molar-refractivity contribution in [2.45, 2.75) is 19.9 Å². The number of hydrogen-bond acceptors (Lipinski definition) is 2. The lowest BCUT2D eigenvalue weighted by atomic mass is 10.2. The van der Waals surface area contributed by atoms with Gasteiger partial charge in [0, 0.05) is 37.8 Å². The third-order valence-electron chi connectivity index (χ3n) is 2.22. The van der Waals surface area contributed by atoms with Crippen molar-refractivity contribution >= 4 is 0 Å². The minimum atomic E-state index is 0.881. The van der Waals surface area contributed by atoms with E-state index in [4.69, 9.17) is 0 Å². The molecule has 0 atom stereocenters. The molecule has 0 fully saturated rings. The fraction of sp³-hybridized carbons (Fsp3) is 0.273. The number of hydrogen-bond donors (Lipinski definition) is 0. The number of nitrogens with zero attached hydrogens (tertiary/aromatic N) is 3. The zero-order valence-corrected chi connectivity index (χ0v) is 8.22. The van der Waals surface area contributed by atoms with Crippen molar-refractivity contribution in [3.8, 4) is 0 Å². The van der Waals surface area contributed by atoms with Crippen molar-refractivity contribution in [1.29, 1.82) is 0 Å². The van der Waals surface area contributed by atoms with E-state index in [1.807, 2.05) is 36.9 Å². The zero-order chi connectivity index (χ0) is 9.80. The maximum atomic E-state index is 4.28. The van der Waals surface area contributed by atoms with E-state index in [1.54, 1.807) is 0 Å². The molecular weight excluding hydrogens is 174 g/mol. The van der Waals surface area contributed by atoms with E-state index < -0.39 is 0 Å². The van der Waals surface area contributed by atoms with Crippen LogP contribution in [0.1, 0.15) is 18.3 Å². The molecular formula is C11H13N3. The number of rotatable bonds is 3. The molecule has 72 valence electrons. The Morgan fingerprint density at radius 2 is 2.00 bits per heavy atom. The van der Waals surface area contributed by atoms with Crippen LogP contribution in [-0.4, -0.2) is 14.5 Å². The molecule has 2 aromatic rings. The highest BCUT2D eigenvalue weighted by atomic mass is 15.1. The highest BCUT2D eigenvalue weighted by molar-refractivity contribution is 5.11. The number of aryl methyl sites for hydroxylation is 1. The Bertz CT molecular complexity index is 392. The molecule has 0 amide bonds. The van der Waals surface area contributed by atoms with Crippen molar-refractivity contribution in [3.05, 3.63) is 48.3 Å². The zero-order valence-electron chi connectivity index (χ0n) is 8.22. The predicted molar refractivity (Wildman–Crippen MR) is 54.9 cm³/mol. The summed E-state index contributed by atoms with van der Waals surface area (Å²) in [5, 5.41) is 0. The van der Waals surface area contributed by atoms with E-state index in [9.17, 15) is 0 Å². The van der Waals surface area contributed by atoms with Crippen molar-refractivity contribution in [2.24, 2.45) is 0 Å². The lowest BCUT2D eigenvalue weighted by molar-refractivity contribution is 0.731. The summed E-state index contributed by atoms with van der Waals surface area (Å²) in [6.07, 6.45) is 8.47. The Kier molecular flexibility index (Phi) is 2.58. The fourth-order valence-electron chi connectivity index (χ4n) is 1.48. The monoisotopic (exact) mass is 187 g/mol. The minimum absolute atomic E-state index is 0.881. The highest BCUT2D eigenvalue weighted by Gasteiger charge is 2.00. The molecule has 0 N–H and O–H groups in total. The van der Waals surface area contributed by atoms with Gasteiger partial charge in [0.15, 0.2) is 0 Å². The van der Waals surface area contributed by atoms with Gasteiger partial charge in [-0.25, -0.2) is 4.98 Å². The topological polar surface area (TPSA) is 30.7 Å². The van der Waals surface area contributed by atoms with Crippen LogP contribution in [0, 0.1) is 0 Å². The van der Waals surface area contributed by atoms with Gasteiger partial charge in [0.25, 0.3) is 0 Å². The first-order valence-corrected chi connectivity index (χ1v) is 4.79. The van der Waals surface area contributed by atoms with E-state index in [0.29, 0.717) is 0 Å². The van der Waals surface area contributed by atoms with E-state index >= 15 is 0 Å². The van der Waals surface area contributed by atoms with Crippen molar-refractivity contribution in [1.82, 2.24) is 14.5 Å². The average molecular weight is 187 g/mol. The second-order valence-electron chi connectivity index (χ2n) is 3.18. The molecule has 0 aromatic carbocycles. The van der Waals surface area contributed by atoms with Crippen LogP contribution in [0.3, 0.4) is 0 Å². The molecule has 0 aliphatic rings. The number of imidazole rings is 1. The van der Waals surface area contributed by atoms with Crippen molar-refractivity contribution in [3.63, 3.8) is 0 Å². The molecule has 0 aliphatic carbocycles. The molecule has 0 unspecified atom stereocenters. The number of pyridine rings is 1. The van der Waals surface area contributed by atoms with Crippen LogP contribution in [0.5, 0.6) is 0 Å². The van der Waals surface area contributed by atoms with Crippen LogP contribution in [0.25, 0.3) is 0 Å². The molecule has 3 nitrogen and oxygen atoms in total. The Morgan fingerprint density at radius 3 is 2.71 bits per heavy atom. The third-order valence-corrected chi connectivity index (χ3v) is 2.22. The highest BCUT2D eigenvalue weighted by Crippen LogP contribution is 2.04. The summed E-state index contributed by atoms with van der Waals surface area (Å²) in [6.45, 7) is 3.00. The Morgan fingerprint density at radius 1 is 1.21 bits per heavy atom. The second kappa shape index (κ2) is 4.05. The van der Waals surface area contributed by atoms with Gasteiger partial charge >= 0.3 is 0 Å². The summed E-state index contributed by atoms with van der Waals surface area (Å²) >= 11 is 0. The Balaban J connectivity index is 2.19. The van der Waals surface area contributed by atoms with Gasteiger partial charge in [0.2, 0.25) is 0 Å². The fourth-order valence-corrected chi connectivity index (χ4v) is 1.48. The smallest absolute Gasteiger partial charge is 0.108 e. The molecule has 0 radical (unpaired) electrons. The van der Waals surface area contributed by atoms with Gasteiger partial charge in [-0.2, -0.15) is 0 Å². The lowest BCUT2D eigenvalue weighted by Crippen LogP contribution is -2.03. The number of aromatic nitrogens is 3.